The molecule has 32 heavy (non-hydrogen) atoms. The first-order valence-corrected chi connectivity index (χ1v) is 9.75. The molecule has 1 amide bonds. The Morgan fingerprint density at radius 2 is 1.88 bits per heavy atom. The Morgan fingerprint density at radius 1 is 1.16 bits per heavy atom. The number of carbonyl (C=O) groups is 1. The third kappa shape index (κ3) is 4.32. The molecule has 10 heteroatoms. The summed E-state index contributed by atoms with van der Waals surface area (Å²) in [6, 6.07) is 11.8. The fraction of sp³-hybridized carbons (Fsp3) is 0.273. The smallest absolute Gasteiger partial charge is 0.309 e. The topological polar surface area (TPSA) is 83.6 Å². The number of carbonyl (C=O) groups excluding carboxylic acids is 1. The number of rotatable bonds is 6. The van der Waals surface area contributed by atoms with Gasteiger partial charge in [-0.15, -0.1) is 0 Å². The lowest BCUT2D eigenvalue weighted by molar-refractivity contribution is -0.160. The molecule has 6 nitrogen and oxygen atoms in total. The number of halogens is 4. The van der Waals surface area contributed by atoms with Crippen LogP contribution in [0.5, 0.6) is 0 Å². The van der Waals surface area contributed by atoms with Crippen LogP contribution < -0.4 is 5.32 Å². The SMILES string of the molecule is N#Cc1nc(Cn2ccc(NC(=O)Cc3ccc(C4(C(F)(F)F)CC4)cc3)n2)ccc1F. The summed E-state index contributed by atoms with van der Waals surface area (Å²) in [4.78, 5) is 16.2. The van der Waals surface area contributed by atoms with Crippen LogP contribution in [-0.4, -0.2) is 26.8 Å². The predicted molar refractivity (Wildman–Crippen MR) is 106 cm³/mol. The number of hydrogen-bond acceptors (Lipinski definition) is 4. The number of nitrogens with one attached hydrogen (secondary N) is 1. The molecule has 1 N–H and O–H groups in total. The summed E-state index contributed by atoms with van der Waals surface area (Å²) in [5.74, 6) is -0.793. The summed E-state index contributed by atoms with van der Waals surface area (Å²) in [5, 5.41) is 15.7. The van der Waals surface area contributed by atoms with Gasteiger partial charge in [-0.25, -0.2) is 9.37 Å². The van der Waals surface area contributed by atoms with Gasteiger partial charge in [0.1, 0.15) is 6.07 Å². The lowest BCUT2D eigenvalue weighted by Gasteiger charge is -2.19. The molecular weight excluding hydrogens is 426 g/mol. The number of hydrogen-bond donors (Lipinski definition) is 1. The van der Waals surface area contributed by atoms with E-state index in [0.717, 1.165) is 6.07 Å². The summed E-state index contributed by atoms with van der Waals surface area (Å²) < 4.78 is 54.5. The van der Waals surface area contributed by atoms with Crippen molar-refractivity contribution in [2.45, 2.75) is 37.4 Å². The van der Waals surface area contributed by atoms with Crippen molar-refractivity contribution in [3.8, 4) is 6.07 Å². The van der Waals surface area contributed by atoms with Gasteiger partial charge in [-0.05, 0) is 36.1 Å². The molecule has 2 heterocycles. The Labute approximate surface area is 180 Å². The van der Waals surface area contributed by atoms with Crippen LogP contribution in [0.1, 0.15) is 35.4 Å². The number of alkyl halides is 3. The van der Waals surface area contributed by atoms with E-state index >= 15 is 0 Å². The van der Waals surface area contributed by atoms with E-state index in [0.29, 0.717) is 11.3 Å². The van der Waals surface area contributed by atoms with Crippen LogP contribution in [0.3, 0.4) is 0 Å². The highest BCUT2D eigenvalue weighted by molar-refractivity contribution is 5.91. The highest BCUT2D eigenvalue weighted by Gasteiger charge is 2.64. The zero-order chi connectivity index (χ0) is 22.9. The fourth-order valence-corrected chi connectivity index (χ4v) is 3.51. The zero-order valence-electron chi connectivity index (χ0n) is 16.7. The van der Waals surface area contributed by atoms with Gasteiger partial charge in [0.2, 0.25) is 5.91 Å². The molecule has 164 valence electrons. The molecule has 0 radical (unpaired) electrons. The number of pyridine rings is 1. The molecule has 1 aliphatic carbocycles. The number of aromatic nitrogens is 3. The minimum absolute atomic E-state index is 0.0167. The van der Waals surface area contributed by atoms with Crippen LogP contribution in [0.25, 0.3) is 0 Å². The number of amides is 1. The first-order chi connectivity index (χ1) is 15.2. The van der Waals surface area contributed by atoms with Gasteiger partial charge in [0.15, 0.2) is 17.3 Å². The van der Waals surface area contributed by atoms with Crippen molar-refractivity contribution < 1.29 is 22.4 Å². The quantitative estimate of drug-likeness (QED) is 0.581. The Kier molecular flexibility index (Phi) is 5.42. The molecule has 2 aromatic heterocycles. The summed E-state index contributed by atoms with van der Waals surface area (Å²) in [6.45, 7) is 0.174. The van der Waals surface area contributed by atoms with Crippen LogP contribution in [-0.2, 0) is 23.2 Å². The standard InChI is InChI=1S/C22H17F4N5O/c23-17-6-5-16(28-18(17)12-27)13-31-10-7-19(30-31)29-20(32)11-14-1-3-15(4-2-14)21(8-9-21)22(24,25)26/h1-7,10H,8-9,11,13H2,(H,29,30,32). The van der Waals surface area contributed by atoms with E-state index in [1.54, 1.807) is 18.3 Å². The Bertz CT molecular complexity index is 1190. The van der Waals surface area contributed by atoms with Crippen molar-refractivity contribution in [3.05, 3.63) is 77.0 Å². The third-order valence-corrected chi connectivity index (χ3v) is 5.41. The van der Waals surface area contributed by atoms with Gasteiger partial charge in [0, 0.05) is 12.3 Å². The maximum absolute atomic E-state index is 13.4. The molecule has 0 atom stereocenters. The highest BCUT2D eigenvalue weighted by atomic mass is 19.4. The van der Waals surface area contributed by atoms with E-state index in [2.05, 4.69) is 15.4 Å². The Morgan fingerprint density at radius 3 is 2.50 bits per heavy atom. The van der Waals surface area contributed by atoms with Crippen LogP contribution in [0, 0.1) is 17.1 Å². The van der Waals surface area contributed by atoms with Crippen molar-refractivity contribution in [2.75, 3.05) is 5.32 Å². The van der Waals surface area contributed by atoms with Gasteiger partial charge in [0.05, 0.1) is 24.1 Å². The van der Waals surface area contributed by atoms with Gasteiger partial charge in [-0.3, -0.25) is 9.48 Å². The minimum atomic E-state index is -4.27. The van der Waals surface area contributed by atoms with E-state index in [9.17, 15) is 22.4 Å². The minimum Gasteiger partial charge on any atom is -0.309 e. The number of nitrogens with zero attached hydrogens (tertiary/aromatic N) is 4. The van der Waals surface area contributed by atoms with E-state index in [4.69, 9.17) is 5.26 Å². The summed E-state index contributed by atoms with van der Waals surface area (Å²) >= 11 is 0. The number of benzene rings is 1. The lowest BCUT2D eigenvalue weighted by atomic mass is 9.94. The van der Waals surface area contributed by atoms with Crippen molar-refractivity contribution >= 4 is 11.7 Å². The van der Waals surface area contributed by atoms with Crippen LogP contribution in [0.15, 0.2) is 48.7 Å². The molecule has 0 spiro atoms. The second-order valence-electron chi connectivity index (χ2n) is 7.65. The largest absolute Gasteiger partial charge is 0.398 e. The van der Waals surface area contributed by atoms with Crippen molar-refractivity contribution in [3.63, 3.8) is 0 Å². The number of anilines is 1. The van der Waals surface area contributed by atoms with E-state index in [-0.39, 0.29) is 48.8 Å². The predicted octanol–water partition coefficient (Wildman–Crippen LogP) is 4.11. The van der Waals surface area contributed by atoms with E-state index in [1.165, 1.54) is 35.0 Å². The molecule has 0 bridgehead atoms. The average molecular weight is 443 g/mol. The number of nitriles is 1. The molecule has 1 saturated carbocycles. The normalized spacial score (nSPS) is 14.6. The van der Waals surface area contributed by atoms with Gasteiger partial charge >= 0.3 is 6.18 Å². The second kappa shape index (κ2) is 8.07. The second-order valence-corrected chi connectivity index (χ2v) is 7.65. The van der Waals surface area contributed by atoms with Gasteiger partial charge in [-0.2, -0.15) is 23.5 Å². The molecule has 0 saturated heterocycles. The monoisotopic (exact) mass is 443 g/mol. The molecule has 3 aromatic rings. The van der Waals surface area contributed by atoms with Gasteiger partial charge in [-0.1, -0.05) is 24.3 Å². The molecular formula is C22H17F4N5O. The van der Waals surface area contributed by atoms with Crippen molar-refractivity contribution in [1.82, 2.24) is 14.8 Å². The molecule has 0 aliphatic heterocycles. The first-order valence-electron chi connectivity index (χ1n) is 9.75. The lowest BCUT2D eigenvalue weighted by Crippen LogP contribution is -2.28. The van der Waals surface area contributed by atoms with Crippen LogP contribution in [0.2, 0.25) is 0 Å². The summed E-state index contributed by atoms with van der Waals surface area (Å²) in [5.41, 5.74) is -0.813. The molecule has 1 aromatic carbocycles. The highest BCUT2D eigenvalue weighted by Crippen LogP contribution is 2.58. The molecule has 1 aliphatic rings. The Hall–Kier alpha value is -3.74. The zero-order valence-corrected chi connectivity index (χ0v) is 16.7. The fourth-order valence-electron chi connectivity index (χ4n) is 3.51. The maximum Gasteiger partial charge on any atom is 0.398 e. The summed E-state index contributed by atoms with van der Waals surface area (Å²) in [7, 11) is 0. The molecule has 0 unspecified atom stereocenters. The van der Waals surface area contributed by atoms with Crippen LogP contribution >= 0.6 is 0 Å². The Balaban J connectivity index is 1.35. The van der Waals surface area contributed by atoms with Gasteiger partial charge < -0.3 is 5.32 Å². The summed E-state index contributed by atoms with van der Waals surface area (Å²) in [6.07, 6.45) is -2.52. The third-order valence-electron chi connectivity index (χ3n) is 5.41. The maximum atomic E-state index is 13.4. The van der Waals surface area contributed by atoms with E-state index in [1.807, 2.05) is 0 Å². The molecule has 1 fully saturated rings. The van der Waals surface area contributed by atoms with E-state index < -0.39 is 17.4 Å². The van der Waals surface area contributed by atoms with Gasteiger partial charge in [0.25, 0.3) is 0 Å². The average Bonchev–Trinajstić information content (AvgIpc) is 3.46. The van der Waals surface area contributed by atoms with Crippen molar-refractivity contribution in [1.29, 1.82) is 5.26 Å². The molecule has 4 rings (SSSR count). The van der Waals surface area contributed by atoms with Crippen molar-refractivity contribution in [2.24, 2.45) is 0 Å². The van der Waals surface area contributed by atoms with Crippen LogP contribution in [0.4, 0.5) is 23.4 Å². The first kappa shape index (κ1) is 21.5.